The molecule has 5 rings (SSSR count). The summed E-state index contributed by atoms with van der Waals surface area (Å²) in [6.07, 6.45) is -2.82. The molecule has 3 aromatic rings. The molecule has 2 N–H and O–H groups in total. The molecule has 1 fully saturated rings. The molecular formula is C31H31F3N4O3. The molecule has 1 aliphatic heterocycles. The molecule has 1 heterocycles. The number of rotatable bonds is 9. The number of hydrogen-bond donors (Lipinski definition) is 2. The first kappa shape index (κ1) is 28.2. The molecular weight excluding hydrogens is 533 g/mol. The summed E-state index contributed by atoms with van der Waals surface area (Å²) in [5.41, 5.74) is 4.42. The van der Waals surface area contributed by atoms with Gasteiger partial charge in [-0.3, -0.25) is 14.4 Å². The van der Waals surface area contributed by atoms with Gasteiger partial charge in [0.05, 0.1) is 5.92 Å². The van der Waals surface area contributed by atoms with Crippen LogP contribution in [0.2, 0.25) is 0 Å². The normalized spacial score (nSPS) is 16.5. The fourth-order valence-electron chi connectivity index (χ4n) is 5.82. The maximum atomic E-state index is 13.9. The Kier molecular flexibility index (Phi) is 8.28. The van der Waals surface area contributed by atoms with Crippen molar-refractivity contribution in [2.75, 3.05) is 37.6 Å². The van der Waals surface area contributed by atoms with E-state index in [4.69, 9.17) is 0 Å². The summed E-state index contributed by atoms with van der Waals surface area (Å²) in [6.45, 7) is -0.531. The lowest BCUT2D eigenvalue weighted by molar-refractivity contribution is -0.161. The summed E-state index contributed by atoms with van der Waals surface area (Å²) >= 11 is 0. The Morgan fingerprint density at radius 3 is 2.32 bits per heavy atom. The molecule has 0 saturated carbocycles. The van der Waals surface area contributed by atoms with Gasteiger partial charge >= 0.3 is 6.18 Å². The molecule has 1 atom stereocenters. The molecule has 0 spiro atoms. The largest absolute Gasteiger partial charge is 0.406 e. The number of nitrogens with zero attached hydrogens (tertiary/aromatic N) is 2. The highest BCUT2D eigenvalue weighted by atomic mass is 19.4. The van der Waals surface area contributed by atoms with Crippen molar-refractivity contribution in [1.29, 1.82) is 0 Å². The number of piperidine rings is 1. The van der Waals surface area contributed by atoms with Crippen molar-refractivity contribution in [3.05, 3.63) is 89.5 Å². The highest BCUT2D eigenvalue weighted by Gasteiger charge is 2.42. The van der Waals surface area contributed by atoms with E-state index in [1.54, 1.807) is 24.3 Å². The van der Waals surface area contributed by atoms with Crippen molar-refractivity contribution in [3.63, 3.8) is 0 Å². The zero-order chi connectivity index (χ0) is 29.0. The van der Waals surface area contributed by atoms with Crippen LogP contribution in [-0.2, 0) is 9.59 Å². The summed E-state index contributed by atoms with van der Waals surface area (Å²) in [6, 6.07) is 22.0. The number of halogens is 3. The van der Waals surface area contributed by atoms with E-state index in [1.165, 1.54) is 0 Å². The van der Waals surface area contributed by atoms with Crippen LogP contribution in [0.5, 0.6) is 0 Å². The number of carbonyl (C=O) groups excluding carboxylic acids is 3. The monoisotopic (exact) mass is 564 g/mol. The van der Waals surface area contributed by atoms with E-state index in [-0.39, 0.29) is 25.0 Å². The predicted molar refractivity (Wildman–Crippen MR) is 150 cm³/mol. The third-order valence-corrected chi connectivity index (χ3v) is 7.68. The fourth-order valence-corrected chi connectivity index (χ4v) is 5.82. The molecule has 3 aromatic carbocycles. The lowest BCUT2D eigenvalue weighted by atomic mass is 9.92. The quantitative estimate of drug-likeness (QED) is 0.300. The summed E-state index contributed by atoms with van der Waals surface area (Å²) < 4.78 is 40.6. The number of alkyl halides is 3. The van der Waals surface area contributed by atoms with Crippen LogP contribution in [0.4, 0.5) is 18.9 Å². The minimum absolute atomic E-state index is 0.0158. The molecule has 1 saturated heterocycles. The van der Waals surface area contributed by atoms with Gasteiger partial charge in [0.2, 0.25) is 12.3 Å². The molecule has 2 aliphatic rings. The minimum atomic E-state index is -4.59. The van der Waals surface area contributed by atoms with Crippen molar-refractivity contribution in [2.45, 2.75) is 31.0 Å². The van der Waals surface area contributed by atoms with Crippen molar-refractivity contribution in [2.24, 2.45) is 0 Å². The minimum Gasteiger partial charge on any atom is -0.371 e. The van der Waals surface area contributed by atoms with Crippen molar-refractivity contribution >= 4 is 23.9 Å². The zero-order valence-electron chi connectivity index (χ0n) is 22.4. The molecule has 0 bridgehead atoms. The SMILES string of the molecule is O=CNCCN(CC(F)(F)F)C(=O)C1c2ccccc2-c2cccc(N3CCC(NC(=O)c4ccccc4)CC3)c21. The molecule has 7 nitrogen and oxygen atoms in total. The maximum absolute atomic E-state index is 13.9. The van der Waals surface area contributed by atoms with Gasteiger partial charge in [-0.25, -0.2) is 0 Å². The van der Waals surface area contributed by atoms with Crippen LogP contribution in [0.25, 0.3) is 11.1 Å². The van der Waals surface area contributed by atoms with Gasteiger partial charge in [-0.1, -0.05) is 54.6 Å². The van der Waals surface area contributed by atoms with Crippen LogP contribution in [0.15, 0.2) is 72.8 Å². The first-order valence-corrected chi connectivity index (χ1v) is 13.6. The summed E-state index contributed by atoms with van der Waals surface area (Å²) in [7, 11) is 0. The van der Waals surface area contributed by atoms with Gasteiger partial charge in [-0.05, 0) is 47.7 Å². The van der Waals surface area contributed by atoms with Gasteiger partial charge in [0.1, 0.15) is 6.54 Å². The predicted octanol–water partition coefficient (Wildman–Crippen LogP) is 4.33. The van der Waals surface area contributed by atoms with E-state index in [2.05, 4.69) is 15.5 Å². The zero-order valence-corrected chi connectivity index (χ0v) is 22.4. The van der Waals surface area contributed by atoms with Crippen molar-refractivity contribution in [3.8, 4) is 11.1 Å². The Bertz CT molecular complexity index is 1410. The number of nitrogens with one attached hydrogen (secondary N) is 2. The number of hydrogen-bond acceptors (Lipinski definition) is 4. The lowest BCUT2D eigenvalue weighted by Gasteiger charge is -2.36. The van der Waals surface area contributed by atoms with Crippen LogP contribution in [0.3, 0.4) is 0 Å². The Hall–Kier alpha value is -4.34. The van der Waals surface area contributed by atoms with E-state index in [1.807, 2.05) is 48.5 Å². The topological polar surface area (TPSA) is 81.8 Å². The highest BCUT2D eigenvalue weighted by molar-refractivity contribution is 5.99. The highest BCUT2D eigenvalue weighted by Crippen LogP contribution is 2.50. The van der Waals surface area contributed by atoms with Crippen LogP contribution >= 0.6 is 0 Å². The molecule has 3 amide bonds. The second kappa shape index (κ2) is 12.0. The van der Waals surface area contributed by atoms with Crippen LogP contribution in [-0.4, -0.2) is 68.1 Å². The van der Waals surface area contributed by atoms with Crippen molar-refractivity contribution < 1.29 is 27.6 Å². The third-order valence-electron chi connectivity index (χ3n) is 7.68. The number of carbonyl (C=O) groups is 3. The van der Waals surface area contributed by atoms with Gasteiger partial charge in [-0.15, -0.1) is 0 Å². The smallest absolute Gasteiger partial charge is 0.371 e. The summed E-state index contributed by atoms with van der Waals surface area (Å²) in [4.78, 5) is 40.2. The summed E-state index contributed by atoms with van der Waals surface area (Å²) in [5.74, 6) is -1.69. The third kappa shape index (κ3) is 6.21. The van der Waals surface area contributed by atoms with Gasteiger partial charge in [0.25, 0.3) is 5.91 Å². The van der Waals surface area contributed by atoms with Gasteiger partial charge in [0.15, 0.2) is 0 Å². The molecule has 1 aliphatic carbocycles. The molecule has 1 unspecified atom stereocenters. The molecule has 41 heavy (non-hydrogen) atoms. The van der Waals surface area contributed by atoms with E-state index < -0.39 is 24.5 Å². The Balaban J connectivity index is 1.41. The number of benzene rings is 3. The number of anilines is 1. The van der Waals surface area contributed by atoms with Gasteiger partial charge in [0, 0.05) is 49.0 Å². The standard InChI is InChI=1S/C31H31F3N4O3/c32-31(33,34)19-38(18-15-35-20-39)30(41)28-25-10-5-4-9-23(25)24-11-6-12-26(27(24)28)37-16-13-22(14-17-37)36-29(40)21-7-2-1-3-8-21/h1-12,20,22,28H,13-19H2,(H,35,39)(H,36,40). The first-order chi connectivity index (χ1) is 19.8. The van der Waals surface area contributed by atoms with E-state index in [0.717, 1.165) is 21.7 Å². The van der Waals surface area contributed by atoms with Crippen LogP contribution in [0, 0.1) is 0 Å². The average molecular weight is 565 g/mol. The lowest BCUT2D eigenvalue weighted by Crippen LogP contribution is -2.46. The molecule has 214 valence electrons. The van der Waals surface area contributed by atoms with E-state index in [0.29, 0.717) is 49.0 Å². The molecule has 0 radical (unpaired) electrons. The molecule has 0 aromatic heterocycles. The first-order valence-electron chi connectivity index (χ1n) is 13.6. The summed E-state index contributed by atoms with van der Waals surface area (Å²) in [5, 5.41) is 5.46. The Morgan fingerprint density at radius 1 is 0.927 bits per heavy atom. The van der Waals surface area contributed by atoms with Gasteiger partial charge in [-0.2, -0.15) is 13.2 Å². The maximum Gasteiger partial charge on any atom is 0.406 e. The number of fused-ring (bicyclic) bond motifs is 3. The van der Waals surface area contributed by atoms with Crippen LogP contribution in [0.1, 0.15) is 40.2 Å². The molecule has 10 heteroatoms. The fraction of sp³-hybridized carbons (Fsp3) is 0.323. The van der Waals surface area contributed by atoms with E-state index >= 15 is 0 Å². The van der Waals surface area contributed by atoms with Crippen LogP contribution < -0.4 is 15.5 Å². The van der Waals surface area contributed by atoms with Gasteiger partial charge < -0.3 is 20.4 Å². The second-order valence-corrected chi connectivity index (χ2v) is 10.3. The Morgan fingerprint density at radius 2 is 1.61 bits per heavy atom. The van der Waals surface area contributed by atoms with E-state index in [9.17, 15) is 27.6 Å². The van der Waals surface area contributed by atoms with Crippen molar-refractivity contribution in [1.82, 2.24) is 15.5 Å². The Labute approximate surface area is 236 Å². The average Bonchev–Trinajstić information content (AvgIpc) is 3.31. The second-order valence-electron chi connectivity index (χ2n) is 10.3. The number of amides is 3.